The number of rotatable bonds is 7. The molecule has 0 aliphatic carbocycles. The van der Waals surface area contributed by atoms with Gasteiger partial charge in [0, 0.05) is 17.1 Å². The van der Waals surface area contributed by atoms with Crippen LogP contribution in [0.25, 0.3) is 10.9 Å². The quantitative estimate of drug-likeness (QED) is 0.372. The fourth-order valence-electron chi connectivity index (χ4n) is 4.41. The van der Waals surface area contributed by atoms with Gasteiger partial charge in [0.05, 0.1) is 39.4 Å². The van der Waals surface area contributed by atoms with Gasteiger partial charge in [-0.15, -0.1) is 13.2 Å². The molecule has 200 valence electrons. The molecule has 1 aliphatic heterocycles. The van der Waals surface area contributed by atoms with Crippen molar-refractivity contribution in [1.29, 1.82) is 0 Å². The number of likely N-dealkylation sites (tertiary alicyclic amines) is 1. The minimum Gasteiger partial charge on any atom is -0.405 e. The average molecular weight is 578 g/mol. The van der Waals surface area contributed by atoms with Crippen LogP contribution < -0.4 is 10.3 Å². The highest BCUT2D eigenvalue weighted by Gasteiger charge is 2.34. The minimum atomic E-state index is -5.00. The summed E-state index contributed by atoms with van der Waals surface area (Å²) in [7, 11) is -3.64. The van der Waals surface area contributed by atoms with Gasteiger partial charge in [0.1, 0.15) is 5.75 Å². The molecule has 2 heterocycles. The second-order valence-corrected chi connectivity index (χ2v) is 11.8. The monoisotopic (exact) mass is 577 g/mol. The minimum absolute atomic E-state index is 0.00222. The first kappa shape index (κ1) is 27.7. The van der Waals surface area contributed by atoms with E-state index in [2.05, 4.69) is 9.72 Å². The van der Waals surface area contributed by atoms with E-state index < -0.39 is 27.5 Å². The number of aromatic nitrogens is 2. The molecule has 0 spiro atoms. The van der Waals surface area contributed by atoms with Crippen molar-refractivity contribution in [3.63, 3.8) is 0 Å². The summed E-state index contributed by atoms with van der Waals surface area (Å²) in [5.41, 5.74) is -0.318. The van der Waals surface area contributed by atoms with Crippen LogP contribution in [-0.2, 0) is 22.9 Å². The standard InChI is InChI=1S/C24H24Cl2F3N3O4S/c1-2-37(34,35)20-7-6-16(25)10-15(20)12-32-14-30-22-17(23(32)33)11-19(36-24(27,28)29)18(21(22)26)13-31-8-4-3-5-9-31/h6-7,10-11,14H,2-5,8-9,12-13H2,1H3. The maximum Gasteiger partial charge on any atom is 0.573 e. The van der Waals surface area contributed by atoms with Crippen LogP contribution in [0.4, 0.5) is 13.2 Å². The maximum absolute atomic E-state index is 13.4. The number of benzene rings is 2. The average Bonchev–Trinajstić information content (AvgIpc) is 2.83. The largest absolute Gasteiger partial charge is 0.573 e. The van der Waals surface area contributed by atoms with Crippen LogP contribution >= 0.6 is 23.2 Å². The Morgan fingerprint density at radius 3 is 2.43 bits per heavy atom. The van der Waals surface area contributed by atoms with Crippen molar-refractivity contribution >= 4 is 43.9 Å². The molecule has 1 aliphatic rings. The Balaban J connectivity index is 1.83. The molecule has 0 N–H and O–H groups in total. The molecule has 7 nitrogen and oxygen atoms in total. The van der Waals surface area contributed by atoms with Gasteiger partial charge in [0.2, 0.25) is 0 Å². The molecule has 0 amide bonds. The lowest BCUT2D eigenvalue weighted by Gasteiger charge is -2.28. The van der Waals surface area contributed by atoms with Crippen LogP contribution in [0.3, 0.4) is 0 Å². The van der Waals surface area contributed by atoms with E-state index in [0.717, 1.165) is 29.9 Å². The molecule has 1 fully saturated rings. The maximum atomic E-state index is 13.4. The number of hydrogen-bond acceptors (Lipinski definition) is 6. The second kappa shape index (κ2) is 10.8. The number of alkyl halides is 3. The lowest BCUT2D eigenvalue weighted by molar-refractivity contribution is -0.274. The van der Waals surface area contributed by atoms with E-state index in [-0.39, 0.29) is 55.8 Å². The van der Waals surface area contributed by atoms with E-state index in [1.165, 1.54) is 31.5 Å². The molecule has 0 unspecified atom stereocenters. The van der Waals surface area contributed by atoms with E-state index in [1.54, 1.807) is 0 Å². The molecule has 2 aromatic carbocycles. The van der Waals surface area contributed by atoms with E-state index in [0.29, 0.717) is 13.1 Å². The number of sulfone groups is 1. The zero-order chi connectivity index (χ0) is 27.0. The second-order valence-electron chi connectivity index (χ2n) is 8.78. The molecule has 1 aromatic heterocycles. The van der Waals surface area contributed by atoms with Crippen molar-refractivity contribution < 1.29 is 26.3 Å². The zero-order valence-electron chi connectivity index (χ0n) is 19.8. The Kier molecular flexibility index (Phi) is 8.08. The Morgan fingerprint density at radius 1 is 1.08 bits per heavy atom. The van der Waals surface area contributed by atoms with Gasteiger partial charge in [0.25, 0.3) is 5.56 Å². The van der Waals surface area contributed by atoms with Crippen LogP contribution in [0.2, 0.25) is 10.0 Å². The molecule has 13 heteroatoms. The molecule has 0 bridgehead atoms. The van der Waals surface area contributed by atoms with Gasteiger partial charge < -0.3 is 4.74 Å². The Morgan fingerprint density at radius 2 is 1.78 bits per heavy atom. The van der Waals surface area contributed by atoms with Crippen molar-refractivity contribution in [3.8, 4) is 5.75 Å². The van der Waals surface area contributed by atoms with Crippen molar-refractivity contribution in [3.05, 3.63) is 62.1 Å². The van der Waals surface area contributed by atoms with Crippen molar-refractivity contribution in [2.75, 3.05) is 18.8 Å². The van der Waals surface area contributed by atoms with Crippen molar-refractivity contribution in [2.45, 2.75) is 50.5 Å². The van der Waals surface area contributed by atoms with Crippen LogP contribution in [0, 0.1) is 0 Å². The fraction of sp³-hybridized carbons (Fsp3) is 0.417. The SMILES string of the molecule is CCS(=O)(=O)c1ccc(Cl)cc1Cn1cnc2c(Cl)c(CN3CCCCC3)c(OC(F)(F)F)cc2c1=O. The predicted octanol–water partition coefficient (Wildman–Crippen LogP) is 5.43. The van der Waals surface area contributed by atoms with Gasteiger partial charge in [-0.2, -0.15) is 0 Å². The zero-order valence-corrected chi connectivity index (χ0v) is 22.1. The highest BCUT2D eigenvalue weighted by atomic mass is 35.5. The third kappa shape index (κ3) is 6.22. The van der Waals surface area contributed by atoms with E-state index in [9.17, 15) is 26.4 Å². The molecule has 0 saturated carbocycles. The van der Waals surface area contributed by atoms with Crippen LogP contribution in [0.5, 0.6) is 5.75 Å². The van der Waals surface area contributed by atoms with Gasteiger partial charge >= 0.3 is 6.36 Å². The molecule has 37 heavy (non-hydrogen) atoms. The molecular weight excluding hydrogens is 554 g/mol. The highest BCUT2D eigenvalue weighted by Crippen LogP contribution is 2.37. The number of piperidine rings is 1. The van der Waals surface area contributed by atoms with Crippen molar-refractivity contribution in [2.24, 2.45) is 0 Å². The predicted molar refractivity (Wildman–Crippen MR) is 135 cm³/mol. The molecule has 3 aromatic rings. The third-order valence-electron chi connectivity index (χ3n) is 6.25. The fourth-order valence-corrected chi connectivity index (χ4v) is 6.02. The first-order valence-corrected chi connectivity index (χ1v) is 14.0. The summed E-state index contributed by atoms with van der Waals surface area (Å²) >= 11 is 12.6. The van der Waals surface area contributed by atoms with Crippen LogP contribution in [-0.4, -0.2) is 48.1 Å². The summed E-state index contributed by atoms with van der Waals surface area (Å²) < 4.78 is 70.3. The highest BCUT2D eigenvalue weighted by molar-refractivity contribution is 7.91. The number of ether oxygens (including phenoxy) is 1. The topological polar surface area (TPSA) is 81.5 Å². The van der Waals surface area contributed by atoms with Crippen LogP contribution in [0.1, 0.15) is 37.3 Å². The summed E-state index contributed by atoms with van der Waals surface area (Å²) in [6.07, 6.45) is -0.928. The molecular formula is C24H24Cl2F3N3O4S. The first-order chi connectivity index (χ1) is 17.4. The van der Waals surface area contributed by atoms with Gasteiger partial charge in [0.15, 0.2) is 9.84 Å². The summed E-state index contributed by atoms with van der Waals surface area (Å²) in [6.45, 7) is 2.79. The molecule has 0 atom stereocenters. The van der Waals surface area contributed by atoms with E-state index >= 15 is 0 Å². The number of nitrogens with zero attached hydrogens (tertiary/aromatic N) is 3. The summed E-state index contributed by atoms with van der Waals surface area (Å²) in [4.78, 5) is 19.6. The van der Waals surface area contributed by atoms with E-state index in [4.69, 9.17) is 23.2 Å². The van der Waals surface area contributed by atoms with Crippen molar-refractivity contribution in [1.82, 2.24) is 14.5 Å². The molecule has 4 rings (SSSR count). The number of hydrogen-bond donors (Lipinski definition) is 0. The summed E-state index contributed by atoms with van der Waals surface area (Å²) in [5.74, 6) is -0.732. The lowest BCUT2D eigenvalue weighted by atomic mass is 10.1. The van der Waals surface area contributed by atoms with Crippen LogP contribution in [0.15, 0.2) is 40.3 Å². The van der Waals surface area contributed by atoms with Gasteiger partial charge in [-0.05, 0) is 55.8 Å². The number of fused-ring (bicyclic) bond motifs is 1. The lowest BCUT2D eigenvalue weighted by Crippen LogP contribution is -2.30. The van der Waals surface area contributed by atoms with Gasteiger partial charge in [-0.1, -0.05) is 36.5 Å². The Hall–Kier alpha value is -2.34. The third-order valence-corrected chi connectivity index (χ3v) is 8.72. The normalized spacial score (nSPS) is 15.3. The van der Waals surface area contributed by atoms with E-state index in [1.807, 2.05) is 4.90 Å². The summed E-state index contributed by atoms with van der Waals surface area (Å²) in [5, 5.41) is -0.0160. The first-order valence-electron chi connectivity index (χ1n) is 11.6. The Labute approximate surface area is 221 Å². The Bertz CT molecular complexity index is 1490. The molecule has 1 saturated heterocycles. The number of halogens is 5. The summed E-state index contributed by atoms with van der Waals surface area (Å²) in [6, 6.07) is 5.21. The smallest absolute Gasteiger partial charge is 0.405 e. The van der Waals surface area contributed by atoms with Gasteiger partial charge in [-0.3, -0.25) is 14.3 Å². The molecule has 0 radical (unpaired) electrons. The van der Waals surface area contributed by atoms with Gasteiger partial charge in [-0.25, -0.2) is 13.4 Å².